The Kier molecular flexibility index (Phi) is 5.97. The first-order chi connectivity index (χ1) is 17.6. The molecule has 0 atom stereocenters. The largest absolute Gasteiger partial charge is 0.488 e. The second-order valence-corrected chi connectivity index (χ2v) is 9.82. The SMILES string of the molecule is COC1CCC(C(=O)N2Cc3cccnc3Nc3ccc(-c4cnc5c(c4)OCCN5C)cc32)CC1. The molecule has 0 unspecified atom stereocenters. The van der Waals surface area contributed by atoms with E-state index in [4.69, 9.17) is 9.47 Å². The number of fused-ring (bicyclic) bond motifs is 3. The van der Waals surface area contributed by atoms with Crippen molar-refractivity contribution in [3.63, 3.8) is 0 Å². The van der Waals surface area contributed by atoms with E-state index >= 15 is 0 Å². The van der Waals surface area contributed by atoms with Crippen molar-refractivity contribution in [2.75, 3.05) is 42.4 Å². The molecule has 1 aliphatic carbocycles. The van der Waals surface area contributed by atoms with Crippen molar-refractivity contribution < 1.29 is 14.3 Å². The highest BCUT2D eigenvalue weighted by Crippen LogP contribution is 2.41. The molecule has 8 heteroatoms. The van der Waals surface area contributed by atoms with Crippen LogP contribution in [0.25, 0.3) is 11.1 Å². The predicted octanol–water partition coefficient (Wildman–Crippen LogP) is 4.77. The third-order valence-corrected chi connectivity index (χ3v) is 7.60. The Hall–Kier alpha value is -3.65. The zero-order chi connectivity index (χ0) is 24.6. The summed E-state index contributed by atoms with van der Waals surface area (Å²) in [4.78, 5) is 27.2. The van der Waals surface area contributed by atoms with Crippen LogP contribution >= 0.6 is 0 Å². The molecule has 2 aliphatic heterocycles. The first kappa shape index (κ1) is 22.8. The van der Waals surface area contributed by atoms with Gasteiger partial charge in [-0.3, -0.25) is 4.79 Å². The minimum Gasteiger partial charge on any atom is -0.488 e. The molecule has 1 amide bonds. The lowest BCUT2D eigenvalue weighted by Gasteiger charge is -2.32. The van der Waals surface area contributed by atoms with E-state index in [1.807, 2.05) is 42.4 Å². The summed E-state index contributed by atoms with van der Waals surface area (Å²) >= 11 is 0. The third kappa shape index (κ3) is 4.15. The molecule has 1 N–H and O–H groups in total. The van der Waals surface area contributed by atoms with Crippen molar-refractivity contribution in [3.05, 3.63) is 54.4 Å². The number of hydrogen-bond acceptors (Lipinski definition) is 7. The Labute approximate surface area is 211 Å². The smallest absolute Gasteiger partial charge is 0.230 e. The highest BCUT2D eigenvalue weighted by atomic mass is 16.5. The number of ether oxygens (including phenoxy) is 2. The van der Waals surface area contributed by atoms with E-state index < -0.39 is 0 Å². The molecule has 4 heterocycles. The lowest BCUT2D eigenvalue weighted by molar-refractivity contribution is -0.124. The first-order valence-corrected chi connectivity index (χ1v) is 12.6. The fourth-order valence-corrected chi connectivity index (χ4v) is 5.45. The maximum Gasteiger partial charge on any atom is 0.230 e. The minimum atomic E-state index is -0.0134. The van der Waals surface area contributed by atoms with E-state index in [0.717, 1.165) is 77.7 Å². The van der Waals surface area contributed by atoms with Gasteiger partial charge in [0.05, 0.1) is 30.6 Å². The zero-order valence-electron chi connectivity index (χ0n) is 20.7. The van der Waals surface area contributed by atoms with Gasteiger partial charge in [0.15, 0.2) is 11.6 Å². The van der Waals surface area contributed by atoms with Gasteiger partial charge in [-0.1, -0.05) is 12.1 Å². The average molecular weight is 486 g/mol. The number of aromatic nitrogens is 2. The van der Waals surface area contributed by atoms with Crippen LogP contribution in [0.15, 0.2) is 48.8 Å². The van der Waals surface area contributed by atoms with Gasteiger partial charge in [-0.15, -0.1) is 0 Å². The van der Waals surface area contributed by atoms with E-state index in [1.54, 1.807) is 13.3 Å². The fourth-order valence-electron chi connectivity index (χ4n) is 5.45. The molecule has 0 bridgehead atoms. The zero-order valence-corrected chi connectivity index (χ0v) is 20.7. The summed E-state index contributed by atoms with van der Waals surface area (Å²) in [6.07, 6.45) is 7.43. The van der Waals surface area contributed by atoms with Gasteiger partial charge in [-0.05, 0) is 55.5 Å². The molecule has 0 radical (unpaired) electrons. The standard InChI is InChI=1S/C28H31N5O3/c1-32-12-13-36-25-15-21(16-30-27(25)32)19-7-10-23-24(14-19)33(17-20-4-3-11-29-26(20)31-23)28(34)18-5-8-22(35-2)9-6-18/h3-4,7,10-11,14-16,18,22H,5-6,8-9,12-13,17H2,1-2H3,(H,29,31). The highest BCUT2D eigenvalue weighted by molar-refractivity contribution is 6.00. The normalized spacial score (nSPS) is 20.8. The van der Waals surface area contributed by atoms with Gasteiger partial charge in [-0.2, -0.15) is 0 Å². The Morgan fingerprint density at radius 2 is 1.97 bits per heavy atom. The fraction of sp³-hybridized carbons (Fsp3) is 0.393. The van der Waals surface area contributed by atoms with Crippen LogP contribution < -0.4 is 19.9 Å². The number of benzene rings is 1. The van der Waals surface area contributed by atoms with Crippen molar-refractivity contribution in [1.82, 2.24) is 9.97 Å². The van der Waals surface area contributed by atoms with E-state index in [2.05, 4.69) is 32.3 Å². The van der Waals surface area contributed by atoms with Crippen LogP contribution in [0.5, 0.6) is 5.75 Å². The van der Waals surface area contributed by atoms with Crippen molar-refractivity contribution in [2.24, 2.45) is 5.92 Å². The number of carbonyl (C=O) groups is 1. The Morgan fingerprint density at radius 3 is 2.81 bits per heavy atom. The van der Waals surface area contributed by atoms with Crippen molar-refractivity contribution in [2.45, 2.75) is 38.3 Å². The molecular weight excluding hydrogens is 454 g/mol. The average Bonchev–Trinajstić information content (AvgIpc) is 3.09. The van der Waals surface area contributed by atoms with Crippen LogP contribution in [-0.2, 0) is 16.1 Å². The highest BCUT2D eigenvalue weighted by Gasteiger charge is 2.33. The molecule has 36 heavy (non-hydrogen) atoms. The number of pyridine rings is 2. The van der Waals surface area contributed by atoms with Crippen LogP contribution in [0.2, 0.25) is 0 Å². The van der Waals surface area contributed by atoms with Gasteiger partial charge in [0.1, 0.15) is 12.4 Å². The van der Waals surface area contributed by atoms with E-state index in [0.29, 0.717) is 13.2 Å². The summed E-state index contributed by atoms with van der Waals surface area (Å²) < 4.78 is 11.4. The molecule has 3 aliphatic rings. The number of likely N-dealkylation sites (N-methyl/N-ethyl adjacent to an activating group) is 1. The number of nitrogens with one attached hydrogen (secondary N) is 1. The molecule has 1 fully saturated rings. The monoisotopic (exact) mass is 485 g/mol. The Bertz CT molecular complexity index is 1290. The number of carbonyl (C=O) groups excluding carboxylic acids is 1. The molecule has 0 spiro atoms. The summed E-state index contributed by atoms with van der Waals surface area (Å²) in [6, 6.07) is 12.2. The lowest BCUT2D eigenvalue weighted by Crippen LogP contribution is -2.38. The lowest BCUT2D eigenvalue weighted by atomic mass is 9.86. The minimum absolute atomic E-state index is 0.0134. The Balaban J connectivity index is 1.38. The third-order valence-electron chi connectivity index (χ3n) is 7.60. The number of rotatable bonds is 3. The van der Waals surface area contributed by atoms with Gasteiger partial charge in [0.25, 0.3) is 0 Å². The quantitative estimate of drug-likeness (QED) is 0.573. The van der Waals surface area contributed by atoms with Crippen LogP contribution in [0.1, 0.15) is 31.2 Å². The summed E-state index contributed by atoms with van der Waals surface area (Å²) in [5, 5.41) is 3.47. The molecule has 8 nitrogen and oxygen atoms in total. The van der Waals surface area contributed by atoms with Gasteiger partial charge in [-0.25, -0.2) is 9.97 Å². The van der Waals surface area contributed by atoms with E-state index in [9.17, 15) is 4.79 Å². The number of methoxy groups -OCH3 is 1. The van der Waals surface area contributed by atoms with Crippen molar-refractivity contribution in [1.29, 1.82) is 0 Å². The van der Waals surface area contributed by atoms with Gasteiger partial charge in [0, 0.05) is 43.6 Å². The number of hydrogen-bond donors (Lipinski definition) is 1. The van der Waals surface area contributed by atoms with Crippen molar-refractivity contribution >= 4 is 28.9 Å². The van der Waals surface area contributed by atoms with E-state index in [-0.39, 0.29) is 17.9 Å². The van der Waals surface area contributed by atoms with Crippen LogP contribution in [0.4, 0.5) is 23.0 Å². The number of amides is 1. The van der Waals surface area contributed by atoms with Crippen molar-refractivity contribution in [3.8, 4) is 16.9 Å². The summed E-state index contributed by atoms with van der Waals surface area (Å²) in [5.74, 6) is 2.58. The number of nitrogens with zero attached hydrogens (tertiary/aromatic N) is 4. The Morgan fingerprint density at radius 1 is 1.11 bits per heavy atom. The summed E-state index contributed by atoms with van der Waals surface area (Å²) in [7, 11) is 3.78. The number of anilines is 4. The summed E-state index contributed by atoms with van der Waals surface area (Å²) in [6.45, 7) is 1.94. The molecule has 1 aromatic carbocycles. The molecule has 2 aromatic heterocycles. The summed E-state index contributed by atoms with van der Waals surface area (Å²) in [5.41, 5.74) is 4.68. The molecule has 3 aromatic rings. The maximum absolute atomic E-state index is 13.9. The second kappa shape index (κ2) is 9.43. The molecule has 186 valence electrons. The predicted molar refractivity (Wildman–Crippen MR) is 140 cm³/mol. The van der Waals surface area contributed by atoms with Crippen LogP contribution in [0, 0.1) is 5.92 Å². The molecular formula is C28H31N5O3. The van der Waals surface area contributed by atoms with Gasteiger partial charge < -0.3 is 24.6 Å². The van der Waals surface area contributed by atoms with Gasteiger partial charge in [0.2, 0.25) is 5.91 Å². The molecule has 0 saturated heterocycles. The maximum atomic E-state index is 13.9. The topological polar surface area (TPSA) is 79.8 Å². The van der Waals surface area contributed by atoms with E-state index in [1.165, 1.54) is 0 Å². The molecule has 6 rings (SSSR count). The van der Waals surface area contributed by atoms with Crippen LogP contribution in [-0.4, -0.2) is 49.3 Å². The molecule has 1 saturated carbocycles. The van der Waals surface area contributed by atoms with Gasteiger partial charge >= 0.3 is 0 Å². The second-order valence-electron chi connectivity index (χ2n) is 9.82. The van der Waals surface area contributed by atoms with Crippen LogP contribution in [0.3, 0.4) is 0 Å². The first-order valence-electron chi connectivity index (χ1n) is 12.6.